The highest BCUT2D eigenvalue weighted by Gasteiger charge is 2.07. The second-order valence-corrected chi connectivity index (χ2v) is 5.70. The maximum Gasteiger partial charge on any atom is 0.255 e. The van der Waals surface area contributed by atoms with Gasteiger partial charge in [0.25, 0.3) is 5.91 Å². The van der Waals surface area contributed by atoms with Gasteiger partial charge in [-0.25, -0.2) is 0 Å². The largest absolute Gasteiger partial charge is 0.322 e. The molecular weight excluding hydrogens is 282 g/mol. The first-order valence-corrected chi connectivity index (χ1v) is 7.67. The van der Waals surface area contributed by atoms with E-state index in [1.165, 1.54) is 11.1 Å². The zero-order valence-corrected chi connectivity index (χ0v) is 13.3. The van der Waals surface area contributed by atoms with E-state index >= 15 is 0 Å². The highest BCUT2D eigenvalue weighted by molar-refractivity contribution is 6.04. The van der Waals surface area contributed by atoms with Crippen LogP contribution in [0.2, 0.25) is 0 Å². The molecule has 0 aliphatic carbocycles. The summed E-state index contributed by atoms with van der Waals surface area (Å²) in [5, 5.41) is 2.94. The van der Waals surface area contributed by atoms with Crippen LogP contribution in [-0.4, -0.2) is 5.91 Å². The van der Waals surface area contributed by atoms with Gasteiger partial charge in [0, 0.05) is 11.3 Å². The van der Waals surface area contributed by atoms with Crippen molar-refractivity contribution in [1.82, 2.24) is 0 Å². The van der Waals surface area contributed by atoms with E-state index in [0.717, 1.165) is 16.8 Å². The number of hydrogen-bond acceptors (Lipinski definition) is 1. The Labute approximate surface area is 136 Å². The number of nitrogens with one attached hydrogen (secondary N) is 1. The molecule has 0 atom stereocenters. The van der Waals surface area contributed by atoms with Gasteiger partial charge in [0.1, 0.15) is 0 Å². The molecule has 0 aliphatic heterocycles. The van der Waals surface area contributed by atoms with Gasteiger partial charge in [-0.05, 0) is 60.4 Å². The Bertz CT molecular complexity index is 820. The summed E-state index contributed by atoms with van der Waals surface area (Å²) >= 11 is 0. The summed E-state index contributed by atoms with van der Waals surface area (Å²) in [5.74, 6) is -0.0828. The lowest BCUT2D eigenvalue weighted by Crippen LogP contribution is -2.12. The summed E-state index contributed by atoms with van der Waals surface area (Å²) in [5.41, 5.74) is 6.09. The van der Waals surface area contributed by atoms with E-state index < -0.39 is 0 Å². The van der Waals surface area contributed by atoms with Gasteiger partial charge in [-0.2, -0.15) is 0 Å². The van der Waals surface area contributed by atoms with E-state index in [2.05, 4.69) is 17.4 Å². The van der Waals surface area contributed by atoms with Crippen molar-refractivity contribution >= 4 is 11.6 Å². The van der Waals surface area contributed by atoms with Crippen molar-refractivity contribution in [3.05, 3.63) is 89.5 Å². The fraction of sp³-hybridized carbons (Fsp3) is 0.0952. The molecule has 0 spiro atoms. The van der Waals surface area contributed by atoms with Crippen LogP contribution in [0.3, 0.4) is 0 Å². The molecular formula is C21H19NO. The van der Waals surface area contributed by atoms with Gasteiger partial charge in [-0.15, -0.1) is 0 Å². The summed E-state index contributed by atoms with van der Waals surface area (Å²) < 4.78 is 0. The van der Waals surface area contributed by atoms with E-state index in [-0.39, 0.29) is 5.91 Å². The third-order valence-corrected chi connectivity index (χ3v) is 4.02. The molecule has 2 nitrogen and oxygen atoms in total. The average Bonchev–Trinajstić information content (AvgIpc) is 2.59. The number of hydrogen-bond donors (Lipinski definition) is 1. The second-order valence-electron chi connectivity index (χ2n) is 5.70. The van der Waals surface area contributed by atoms with Crippen LogP contribution in [0.1, 0.15) is 21.5 Å². The van der Waals surface area contributed by atoms with E-state index in [0.29, 0.717) is 5.56 Å². The smallest absolute Gasteiger partial charge is 0.255 e. The van der Waals surface area contributed by atoms with Crippen LogP contribution in [0.4, 0.5) is 5.69 Å². The van der Waals surface area contributed by atoms with E-state index in [1.54, 1.807) is 0 Å². The zero-order chi connectivity index (χ0) is 16.2. The number of carbonyl (C=O) groups excluding carboxylic acids is 1. The molecule has 0 fully saturated rings. The van der Waals surface area contributed by atoms with Crippen molar-refractivity contribution in [1.29, 1.82) is 0 Å². The molecule has 1 amide bonds. The lowest BCUT2D eigenvalue weighted by atomic mass is 10.0. The van der Waals surface area contributed by atoms with Crippen LogP contribution in [0, 0.1) is 13.8 Å². The van der Waals surface area contributed by atoms with Crippen molar-refractivity contribution in [2.24, 2.45) is 0 Å². The van der Waals surface area contributed by atoms with Crippen molar-refractivity contribution in [2.75, 3.05) is 5.32 Å². The van der Waals surface area contributed by atoms with E-state index in [9.17, 15) is 4.79 Å². The Hall–Kier alpha value is -2.87. The number of benzene rings is 3. The SMILES string of the molecule is Cc1ccc(C(=O)Nc2ccc(-c3ccccc3)cc2)cc1C. The lowest BCUT2D eigenvalue weighted by Gasteiger charge is -2.08. The number of anilines is 1. The van der Waals surface area contributed by atoms with Crippen LogP contribution in [0.25, 0.3) is 11.1 Å². The Morgan fingerprint density at radius 1 is 0.739 bits per heavy atom. The van der Waals surface area contributed by atoms with Crippen LogP contribution in [0.5, 0.6) is 0 Å². The Balaban J connectivity index is 1.75. The molecule has 23 heavy (non-hydrogen) atoms. The highest BCUT2D eigenvalue weighted by atomic mass is 16.1. The zero-order valence-electron chi connectivity index (χ0n) is 13.3. The Kier molecular flexibility index (Phi) is 4.24. The van der Waals surface area contributed by atoms with Crippen LogP contribution in [0.15, 0.2) is 72.8 Å². The summed E-state index contributed by atoms with van der Waals surface area (Å²) in [6.45, 7) is 4.06. The minimum atomic E-state index is -0.0828. The van der Waals surface area contributed by atoms with Crippen molar-refractivity contribution < 1.29 is 4.79 Å². The average molecular weight is 301 g/mol. The van der Waals surface area contributed by atoms with Crippen LogP contribution in [-0.2, 0) is 0 Å². The van der Waals surface area contributed by atoms with Gasteiger partial charge in [0.2, 0.25) is 0 Å². The van der Waals surface area contributed by atoms with Crippen molar-refractivity contribution in [3.63, 3.8) is 0 Å². The molecule has 1 N–H and O–H groups in total. The monoisotopic (exact) mass is 301 g/mol. The summed E-state index contributed by atoms with van der Waals surface area (Å²) in [4.78, 5) is 12.3. The third-order valence-electron chi connectivity index (χ3n) is 4.02. The van der Waals surface area contributed by atoms with Crippen molar-refractivity contribution in [3.8, 4) is 11.1 Å². The van der Waals surface area contributed by atoms with Gasteiger partial charge in [-0.1, -0.05) is 48.5 Å². The molecule has 0 aromatic heterocycles. The molecule has 0 heterocycles. The molecule has 114 valence electrons. The summed E-state index contributed by atoms with van der Waals surface area (Å²) in [6.07, 6.45) is 0. The van der Waals surface area contributed by atoms with Gasteiger partial charge in [0.05, 0.1) is 0 Å². The Morgan fingerprint density at radius 3 is 2.04 bits per heavy atom. The number of carbonyl (C=O) groups is 1. The van der Waals surface area contributed by atoms with Gasteiger partial charge in [-0.3, -0.25) is 4.79 Å². The highest BCUT2D eigenvalue weighted by Crippen LogP contribution is 2.21. The first-order chi connectivity index (χ1) is 11.1. The molecule has 0 bridgehead atoms. The predicted octanol–water partition coefficient (Wildman–Crippen LogP) is 5.22. The fourth-order valence-corrected chi connectivity index (χ4v) is 2.46. The van der Waals surface area contributed by atoms with E-state index in [4.69, 9.17) is 0 Å². The quantitative estimate of drug-likeness (QED) is 0.705. The molecule has 3 rings (SSSR count). The third kappa shape index (κ3) is 3.49. The maximum absolute atomic E-state index is 12.3. The second kappa shape index (κ2) is 6.49. The molecule has 0 radical (unpaired) electrons. The first-order valence-electron chi connectivity index (χ1n) is 7.67. The molecule has 0 unspecified atom stereocenters. The molecule has 0 saturated heterocycles. The van der Waals surface area contributed by atoms with Gasteiger partial charge >= 0.3 is 0 Å². The minimum absolute atomic E-state index is 0.0828. The minimum Gasteiger partial charge on any atom is -0.322 e. The predicted molar refractivity (Wildman–Crippen MR) is 95.7 cm³/mol. The molecule has 0 saturated carbocycles. The molecule has 3 aromatic carbocycles. The molecule has 0 aliphatic rings. The maximum atomic E-state index is 12.3. The fourth-order valence-electron chi connectivity index (χ4n) is 2.46. The topological polar surface area (TPSA) is 29.1 Å². The summed E-state index contributed by atoms with van der Waals surface area (Å²) in [6, 6.07) is 23.8. The number of amides is 1. The number of aryl methyl sites for hydroxylation is 2. The summed E-state index contributed by atoms with van der Waals surface area (Å²) in [7, 11) is 0. The van der Waals surface area contributed by atoms with Gasteiger partial charge in [0.15, 0.2) is 0 Å². The first kappa shape index (κ1) is 15.0. The lowest BCUT2D eigenvalue weighted by molar-refractivity contribution is 0.102. The normalized spacial score (nSPS) is 10.3. The van der Waals surface area contributed by atoms with Crippen LogP contribution >= 0.6 is 0 Å². The Morgan fingerprint density at radius 2 is 1.39 bits per heavy atom. The van der Waals surface area contributed by atoms with Crippen molar-refractivity contribution in [2.45, 2.75) is 13.8 Å². The molecule has 2 heteroatoms. The van der Waals surface area contributed by atoms with Crippen LogP contribution < -0.4 is 5.32 Å². The van der Waals surface area contributed by atoms with Gasteiger partial charge < -0.3 is 5.32 Å². The van der Waals surface area contributed by atoms with E-state index in [1.807, 2.05) is 74.5 Å². The molecule has 3 aromatic rings. The standard InChI is InChI=1S/C21H19NO/c1-15-8-9-19(14-16(15)2)21(23)22-20-12-10-18(11-13-20)17-6-4-3-5-7-17/h3-14H,1-2H3,(H,22,23). The number of rotatable bonds is 3.